The number of guanidine groups is 1. The molecule has 0 aliphatic heterocycles. The highest BCUT2D eigenvalue weighted by molar-refractivity contribution is 7.89. The summed E-state index contributed by atoms with van der Waals surface area (Å²) in [5.41, 5.74) is -0.239. The number of sulfonamides is 1. The quantitative estimate of drug-likeness (QED) is 0.412. The van der Waals surface area contributed by atoms with Gasteiger partial charge in [0, 0.05) is 26.2 Å². The van der Waals surface area contributed by atoms with Gasteiger partial charge in [0.2, 0.25) is 10.0 Å². The topological polar surface area (TPSA) is 94.0 Å². The Kier molecular flexibility index (Phi) is 8.84. The molecule has 25 heavy (non-hydrogen) atoms. The molecule has 0 fully saturated rings. The molecular formula is C16H30N4O3S2. The van der Waals surface area contributed by atoms with Gasteiger partial charge in [-0.1, -0.05) is 13.8 Å². The van der Waals surface area contributed by atoms with Gasteiger partial charge in [0.25, 0.3) is 0 Å². The molecule has 0 aliphatic carbocycles. The molecule has 0 saturated carbocycles. The second kappa shape index (κ2) is 10.1. The maximum Gasteiger partial charge on any atom is 0.215 e. The number of aliphatic hydroxyl groups is 1. The third kappa shape index (κ3) is 6.93. The van der Waals surface area contributed by atoms with Crippen molar-refractivity contribution in [2.45, 2.75) is 33.3 Å². The minimum Gasteiger partial charge on any atom is -0.383 e. The monoisotopic (exact) mass is 390 g/mol. The third-order valence-electron chi connectivity index (χ3n) is 3.78. The lowest BCUT2D eigenvalue weighted by Crippen LogP contribution is -2.42. The lowest BCUT2D eigenvalue weighted by atomic mass is 10.00. The molecule has 1 heterocycles. The fourth-order valence-electron chi connectivity index (χ4n) is 2.28. The summed E-state index contributed by atoms with van der Waals surface area (Å²) >= 11 is 1.52. The predicted octanol–water partition coefficient (Wildman–Crippen LogP) is 1.18. The van der Waals surface area contributed by atoms with Crippen molar-refractivity contribution in [1.82, 2.24) is 14.9 Å². The summed E-state index contributed by atoms with van der Waals surface area (Å²) in [5.74, 6) is 0.493. The molecule has 144 valence electrons. The molecule has 7 nitrogen and oxygen atoms in total. The largest absolute Gasteiger partial charge is 0.383 e. The number of nitrogens with one attached hydrogen (secondary N) is 2. The van der Waals surface area contributed by atoms with Crippen LogP contribution in [0.5, 0.6) is 0 Å². The van der Waals surface area contributed by atoms with Gasteiger partial charge < -0.3 is 15.7 Å². The molecule has 1 aromatic heterocycles. The van der Waals surface area contributed by atoms with E-state index in [1.807, 2.05) is 37.6 Å². The van der Waals surface area contributed by atoms with Gasteiger partial charge in [0.1, 0.15) is 5.60 Å². The van der Waals surface area contributed by atoms with Gasteiger partial charge in [-0.2, -0.15) is 11.3 Å². The summed E-state index contributed by atoms with van der Waals surface area (Å²) in [5, 5.41) is 20.4. The summed E-state index contributed by atoms with van der Waals surface area (Å²) in [6.07, 6.45) is 0. The van der Waals surface area contributed by atoms with Crippen molar-refractivity contribution in [3.05, 3.63) is 22.4 Å². The Balaban J connectivity index is 2.65. The van der Waals surface area contributed by atoms with Crippen LogP contribution in [-0.4, -0.2) is 62.3 Å². The minimum absolute atomic E-state index is 0.0000176. The summed E-state index contributed by atoms with van der Waals surface area (Å²) in [6, 6.07) is 1.87. The van der Waals surface area contributed by atoms with Gasteiger partial charge in [-0.05, 0) is 36.2 Å². The predicted molar refractivity (Wildman–Crippen MR) is 105 cm³/mol. The van der Waals surface area contributed by atoms with E-state index in [-0.39, 0.29) is 18.8 Å². The number of hydrogen-bond donors (Lipinski definition) is 3. The Bertz CT molecular complexity index is 624. The van der Waals surface area contributed by atoms with Crippen LogP contribution < -0.4 is 10.6 Å². The Morgan fingerprint density at radius 3 is 2.52 bits per heavy atom. The average Bonchev–Trinajstić information content (AvgIpc) is 3.08. The van der Waals surface area contributed by atoms with E-state index in [1.54, 1.807) is 6.92 Å². The van der Waals surface area contributed by atoms with Crippen molar-refractivity contribution >= 4 is 27.3 Å². The molecule has 0 radical (unpaired) electrons. The SMILES string of the molecule is CCNC(=NCC(C)(O)c1ccsc1)NCCS(=O)(=O)N(CC)CC. The molecule has 0 spiro atoms. The first-order valence-electron chi connectivity index (χ1n) is 8.51. The van der Waals surface area contributed by atoms with Crippen molar-refractivity contribution in [2.75, 3.05) is 38.5 Å². The summed E-state index contributed by atoms with van der Waals surface area (Å²) in [7, 11) is -3.27. The van der Waals surface area contributed by atoms with E-state index in [0.717, 1.165) is 5.56 Å². The van der Waals surface area contributed by atoms with Crippen molar-refractivity contribution in [1.29, 1.82) is 0 Å². The Morgan fingerprint density at radius 1 is 1.32 bits per heavy atom. The molecule has 0 bridgehead atoms. The van der Waals surface area contributed by atoms with Crippen molar-refractivity contribution in [3.63, 3.8) is 0 Å². The van der Waals surface area contributed by atoms with Crippen LogP contribution in [-0.2, 0) is 15.6 Å². The van der Waals surface area contributed by atoms with Gasteiger partial charge in [0.05, 0.1) is 12.3 Å². The molecule has 1 aromatic rings. The van der Waals surface area contributed by atoms with Gasteiger partial charge in [-0.25, -0.2) is 17.7 Å². The van der Waals surface area contributed by atoms with Crippen molar-refractivity contribution in [2.24, 2.45) is 4.99 Å². The standard InChI is InChI=1S/C16H30N4O3S2/c1-5-17-15(18-9-11-25(22,23)20(6-2)7-3)19-13-16(4,21)14-8-10-24-12-14/h8,10,12,21H,5-7,9,11,13H2,1-4H3,(H2,17,18,19). The summed E-state index contributed by atoms with van der Waals surface area (Å²) < 4.78 is 25.8. The van der Waals surface area contributed by atoms with Crippen LogP contribution in [0.3, 0.4) is 0 Å². The molecule has 0 aromatic carbocycles. The van der Waals surface area contributed by atoms with Crippen LogP contribution in [0.4, 0.5) is 0 Å². The van der Waals surface area contributed by atoms with Crippen LogP contribution in [0.15, 0.2) is 21.8 Å². The number of aliphatic imine (C=N–C) groups is 1. The molecule has 0 amide bonds. The van der Waals surface area contributed by atoms with Crippen LogP contribution in [0.2, 0.25) is 0 Å². The van der Waals surface area contributed by atoms with Crippen LogP contribution in [0, 0.1) is 0 Å². The highest BCUT2D eigenvalue weighted by atomic mass is 32.2. The molecule has 1 atom stereocenters. The molecule has 9 heteroatoms. The highest BCUT2D eigenvalue weighted by Crippen LogP contribution is 2.23. The first kappa shape index (κ1) is 21.9. The van der Waals surface area contributed by atoms with E-state index in [2.05, 4.69) is 15.6 Å². The lowest BCUT2D eigenvalue weighted by molar-refractivity contribution is 0.0677. The normalized spacial score (nSPS) is 15.2. The van der Waals surface area contributed by atoms with Crippen molar-refractivity contribution < 1.29 is 13.5 Å². The smallest absolute Gasteiger partial charge is 0.215 e. The van der Waals surface area contributed by atoms with E-state index in [4.69, 9.17) is 0 Å². The maximum absolute atomic E-state index is 12.2. The number of hydrogen-bond acceptors (Lipinski definition) is 5. The van der Waals surface area contributed by atoms with Gasteiger partial charge in [0.15, 0.2) is 5.96 Å². The zero-order valence-corrected chi connectivity index (χ0v) is 17.1. The van der Waals surface area contributed by atoms with E-state index in [9.17, 15) is 13.5 Å². The fourth-order valence-corrected chi connectivity index (χ4v) is 4.47. The zero-order chi connectivity index (χ0) is 18.9. The highest BCUT2D eigenvalue weighted by Gasteiger charge is 2.23. The van der Waals surface area contributed by atoms with E-state index in [1.165, 1.54) is 15.6 Å². The fraction of sp³-hybridized carbons (Fsp3) is 0.688. The minimum atomic E-state index is -3.27. The Morgan fingerprint density at radius 2 is 2.00 bits per heavy atom. The Hall–Kier alpha value is -1.16. The first-order valence-corrected chi connectivity index (χ1v) is 11.1. The average molecular weight is 391 g/mol. The van der Waals surface area contributed by atoms with E-state index >= 15 is 0 Å². The second-order valence-electron chi connectivity index (χ2n) is 5.81. The molecule has 1 unspecified atom stereocenters. The van der Waals surface area contributed by atoms with Gasteiger partial charge in [-0.15, -0.1) is 0 Å². The molecule has 0 saturated heterocycles. The third-order valence-corrected chi connectivity index (χ3v) is 6.49. The first-order chi connectivity index (χ1) is 11.8. The van der Waals surface area contributed by atoms with E-state index in [0.29, 0.717) is 25.6 Å². The summed E-state index contributed by atoms with van der Waals surface area (Å²) in [6.45, 7) is 9.32. The van der Waals surface area contributed by atoms with Gasteiger partial charge >= 0.3 is 0 Å². The summed E-state index contributed by atoms with van der Waals surface area (Å²) in [4.78, 5) is 4.39. The second-order valence-corrected chi connectivity index (χ2v) is 8.68. The van der Waals surface area contributed by atoms with Crippen LogP contribution in [0.25, 0.3) is 0 Å². The number of nitrogens with zero attached hydrogens (tertiary/aromatic N) is 2. The van der Waals surface area contributed by atoms with Crippen LogP contribution in [0.1, 0.15) is 33.3 Å². The molecular weight excluding hydrogens is 360 g/mol. The van der Waals surface area contributed by atoms with E-state index < -0.39 is 15.6 Å². The number of rotatable bonds is 10. The molecule has 3 N–H and O–H groups in total. The maximum atomic E-state index is 12.2. The molecule has 1 rings (SSSR count). The lowest BCUT2D eigenvalue weighted by Gasteiger charge is -2.21. The van der Waals surface area contributed by atoms with Crippen molar-refractivity contribution in [3.8, 4) is 0 Å². The van der Waals surface area contributed by atoms with Crippen LogP contribution >= 0.6 is 11.3 Å². The Labute approximate surface area is 155 Å². The molecule has 0 aliphatic rings. The zero-order valence-electron chi connectivity index (χ0n) is 15.4. The van der Waals surface area contributed by atoms with Gasteiger partial charge in [-0.3, -0.25) is 0 Å². The number of thiophene rings is 1.